The van der Waals surface area contributed by atoms with Crippen molar-refractivity contribution in [3.8, 4) is 5.75 Å². The molecule has 2 rings (SSSR count). The number of likely N-dealkylation sites (N-methyl/N-ethyl adjacent to an activating group) is 1. The first-order valence-electron chi connectivity index (χ1n) is 8.16. The molecule has 1 aliphatic heterocycles. The molecule has 1 saturated heterocycles. The van der Waals surface area contributed by atoms with Gasteiger partial charge in [-0.3, -0.25) is 4.79 Å². The van der Waals surface area contributed by atoms with Crippen LogP contribution < -0.4 is 10.5 Å². The summed E-state index contributed by atoms with van der Waals surface area (Å²) < 4.78 is 10.7. The summed E-state index contributed by atoms with van der Waals surface area (Å²) in [6.07, 6.45) is 1.73. The number of benzene rings is 1. The fraction of sp³-hybridized carbons (Fsp3) is 0.611. The van der Waals surface area contributed by atoms with Crippen molar-refractivity contribution in [2.75, 3.05) is 27.4 Å². The van der Waals surface area contributed by atoms with Crippen LogP contribution in [-0.4, -0.2) is 44.2 Å². The van der Waals surface area contributed by atoms with Gasteiger partial charge in [0, 0.05) is 26.8 Å². The number of amides is 1. The molecule has 0 saturated carbocycles. The summed E-state index contributed by atoms with van der Waals surface area (Å²) in [6.45, 7) is 6.00. The van der Waals surface area contributed by atoms with Crippen LogP contribution in [-0.2, 0) is 16.1 Å². The Bertz CT molecular complexity index is 536. The average Bonchev–Trinajstić information content (AvgIpc) is 2.54. The van der Waals surface area contributed by atoms with E-state index >= 15 is 0 Å². The second-order valence-corrected chi connectivity index (χ2v) is 6.43. The molecule has 1 aromatic rings. The monoisotopic (exact) mass is 356 g/mol. The topological polar surface area (TPSA) is 64.8 Å². The Morgan fingerprint density at radius 1 is 1.33 bits per heavy atom. The first-order valence-corrected chi connectivity index (χ1v) is 8.16. The first kappa shape index (κ1) is 20.7. The zero-order chi connectivity index (χ0) is 17.0. The number of carbonyl (C=O) groups excluding carboxylic acids is 1. The number of halogens is 1. The molecule has 1 aliphatic rings. The molecule has 1 fully saturated rings. The van der Waals surface area contributed by atoms with Gasteiger partial charge in [-0.2, -0.15) is 0 Å². The molecule has 2 N–H and O–H groups in total. The van der Waals surface area contributed by atoms with Gasteiger partial charge in [-0.25, -0.2) is 0 Å². The second-order valence-electron chi connectivity index (χ2n) is 6.43. The molecule has 0 aromatic heterocycles. The van der Waals surface area contributed by atoms with E-state index in [9.17, 15) is 4.79 Å². The van der Waals surface area contributed by atoms with Crippen LogP contribution in [0, 0.1) is 19.8 Å². The Morgan fingerprint density at radius 2 is 1.88 bits per heavy atom. The maximum atomic E-state index is 12.6. The molecule has 136 valence electrons. The zero-order valence-corrected chi connectivity index (χ0v) is 15.8. The molecule has 1 amide bonds. The van der Waals surface area contributed by atoms with E-state index in [4.69, 9.17) is 15.2 Å². The molecule has 1 aromatic carbocycles. The van der Waals surface area contributed by atoms with Crippen molar-refractivity contribution in [2.45, 2.75) is 39.3 Å². The molecular formula is C18H29ClN2O3. The van der Waals surface area contributed by atoms with Crippen LogP contribution in [0.5, 0.6) is 5.75 Å². The van der Waals surface area contributed by atoms with Gasteiger partial charge in [-0.15, -0.1) is 12.4 Å². The summed E-state index contributed by atoms with van der Waals surface area (Å²) in [5, 5.41) is 0. The van der Waals surface area contributed by atoms with Gasteiger partial charge in [0.1, 0.15) is 5.75 Å². The van der Waals surface area contributed by atoms with Crippen LogP contribution >= 0.6 is 12.4 Å². The molecule has 5 nitrogen and oxygen atoms in total. The minimum atomic E-state index is -0.440. The number of nitrogens with zero attached hydrogens (tertiary/aromatic N) is 1. The van der Waals surface area contributed by atoms with Crippen molar-refractivity contribution in [1.82, 2.24) is 4.90 Å². The zero-order valence-electron chi connectivity index (χ0n) is 15.0. The molecule has 6 heteroatoms. The van der Waals surface area contributed by atoms with Crippen molar-refractivity contribution in [3.05, 3.63) is 28.8 Å². The van der Waals surface area contributed by atoms with E-state index in [2.05, 4.69) is 12.1 Å². The van der Waals surface area contributed by atoms with Gasteiger partial charge < -0.3 is 20.1 Å². The highest BCUT2D eigenvalue weighted by Gasteiger charge is 2.28. The maximum absolute atomic E-state index is 12.6. The third-order valence-corrected chi connectivity index (χ3v) is 4.58. The minimum Gasteiger partial charge on any atom is -0.496 e. The molecule has 24 heavy (non-hydrogen) atoms. The van der Waals surface area contributed by atoms with E-state index in [1.165, 1.54) is 0 Å². The SMILES string of the molecule is COc1c(C)cc(CN(C)C(=O)C(N)C2CCOCC2)cc1C.Cl. The van der Waals surface area contributed by atoms with Gasteiger partial charge in [0.15, 0.2) is 0 Å². The maximum Gasteiger partial charge on any atom is 0.239 e. The summed E-state index contributed by atoms with van der Waals surface area (Å²) in [6, 6.07) is 3.69. The molecule has 0 spiro atoms. The highest BCUT2D eigenvalue weighted by Crippen LogP contribution is 2.25. The molecule has 1 heterocycles. The Labute approximate surface area is 150 Å². The van der Waals surface area contributed by atoms with E-state index in [1.807, 2.05) is 20.9 Å². The van der Waals surface area contributed by atoms with Crippen molar-refractivity contribution in [2.24, 2.45) is 11.7 Å². The van der Waals surface area contributed by atoms with Crippen molar-refractivity contribution < 1.29 is 14.3 Å². The van der Waals surface area contributed by atoms with Crippen LogP contribution in [0.4, 0.5) is 0 Å². The third kappa shape index (κ3) is 4.85. The van der Waals surface area contributed by atoms with Crippen LogP contribution in [0.2, 0.25) is 0 Å². The number of nitrogens with two attached hydrogens (primary N) is 1. The summed E-state index contributed by atoms with van der Waals surface area (Å²) in [5.41, 5.74) is 9.44. The molecule has 1 unspecified atom stereocenters. The molecule has 0 bridgehead atoms. The number of hydrogen-bond donors (Lipinski definition) is 1. The van der Waals surface area contributed by atoms with E-state index in [1.54, 1.807) is 12.0 Å². The lowest BCUT2D eigenvalue weighted by molar-refractivity contribution is -0.133. The normalized spacial score (nSPS) is 16.2. The first-order chi connectivity index (χ1) is 10.9. The smallest absolute Gasteiger partial charge is 0.239 e. The second kappa shape index (κ2) is 9.25. The fourth-order valence-electron chi connectivity index (χ4n) is 3.34. The predicted molar refractivity (Wildman–Crippen MR) is 97.7 cm³/mol. The van der Waals surface area contributed by atoms with E-state index < -0.39 is 6.04 Å². The summed E-state index contributed by atoms with van der Waals surface area (Å²) in [5.74, 6) is 1.13. The largest absolute Gasteiger partial charge is 0.496 e. The van der Waals surface area contributed by atoms with Crippen molar-refractivity contribution in [3.63, 3.8) is 0 Å². The Morgan fingerprint density at radius 3 is 2.38 bits per heavy atom. The Hall–Kier alpha value is -1.30. The number of methoxy groups -OCH3 is 1. The van der Waals surface area contributed by atoms with Crippen molar-refractivity contribution >= 4 is 18.3 Å². The van der Waals surface area contributed by atoms with Crippen LogP contribution in [0.1, 0.15) is 29.5 Å². The Balaban J connectivity index is 0.00000288. The van der Waals surface area contributed by atoms with Crippen molar-refractivity contribution in [1.29, 1.82) is 0 Å². The summed E-state index contributed by atoms with van der Waals surface area (Å²) in [7, 11) is 3.49. The minimum absolute atomic E-state index is 0. The third-order valence-electron chi connectivity index (χ3n) is 4.58. The molecule has 0 aliphatic carbocycles. The van der Waals surface area contributed by atoms with E-state index in [0.29, 0.717) is 19.8 Å². The van der Waals surface area contributed by atoms with Gasteiger partial charge in [-0.1, -0.05) is 12.1 Å². The fourth-order valence-corrected chi connectivity index (χ4v) is 3.34. The number of carbonyl (C=O) groups is 1. The summed E-state index contributed by atoms with van der Waals surface area (Å²) >= 11 is 0. The molecule has 1 atom stereocenters. The Kier molecular flexibility index (Phi) is 8.00. The highest BCUT2D eigenvalue weighted by atomic mass is 35.5. The number of aryl methyl sites for hydroxylation is 2. The van der Waals surface area contributed by atoms with Gasteiger partial charge >= 0.3 is 0 Å². The van der Waals surface area contributed by atoms with E-state index in [-0.39, 0.29) is 24.2 Å². The van der Waals surface area contributed by atoms with Crippen LogP contribution in [0.15, 0.2) is 12.1 Å². The molecular weight excluding hydrogens is 328 g/mol. The lowest BCUT2D eigenvalue weighted by Crippen LogP contribution is -2.47. The van der Waals surface area contributed by atoms with E-state index in [0.717, 1.165) is 35.3 Å². The van der Waals surface area contributed by atoms with Gasteiger partial charge in [0.05, 0.1) is 13.2 Å². The quantitative estimate of drug-likeness (QED) is 0.880. The highest BCUT2D eigenvalue weighted by molar-refractivity contribution is 5.85. The number of ether oxygens (including phenoxy) is 2. The number of rotatable bonds is 5. The van der Waals surface area contributed by atoms with Gasteiger partial charge in [0.2, 0.25) is 5.91 Å². The van der Waals surface area contributed by atoms with Crippen LogP contribution in [0.3, 0.4) is 0 Å². The lowest BCUT2D eigenvalue weighted by atomic mass is 9.91. The summed E-state index contributed by atoms with van der Waals surface area (Å²) in [4.78, 5) is 14.3. The van der Waals surface area contributed by atoms with Crippen LogP contribution in [0.25, 0.3) is 0 Å². The lowest BCUT2D eigenvalue weighted by Gasteiger charge is -2.30. The average molecular weight is 357 g/mol. The molecule has 0 radical (unpaired) electrons. The number of hydrogen-bond acceptors (Lipinski definition) is 4. The van der Waals surface area contributed by atoms with Gasteiger partial charge in [-0.05, 0) is 49.3 Å². The predicted octanol–water partition coefficient (Wildman–Crippen LogP) is 2.45. The standard InChI is InChI=1S/C18H28N2O3.ClH/c1-12-9-14(10-13(2)17(12)22-4)11-20(3)18(21)16(19)15-5-7-23-8-6-15;/h9-10,15-16H,5-8,11,19H2,1-4H3;1H. The van der Waals surface area contributed by atoms with Gasteiger partial charge in [0.25, 0.3) is 0 Å².